The van der Waals surface area contributed by atoms with Gasteiger partial charge in [0.25, 0.3) is 5.56 Å². The molecule has 0 unspecified atom stereocenters. The first-order valence-electron chi connectivity index (χ1n) is 6.17. The normalized spacial score (nSPS) is 11.4. The number of nitrogens with zero attached hydrogens (tertiary/aromatic N) is 3. The molecule has 0 aliphatic rings. The van der Waals surface area contributed by atoms with Crippen molar-refractivity contribution in [2.24, 2.45) is 4.99 Å². The van der Waals surface area contributed by atoms with E-state index in [1.807, 2.05) is 24.3 Å². The lowest BCUT2D eigenvalue weighted by atomic mass is 10.1. The molecule has 0 aliphatic heterocycles. The summed E-state index contributed by atoms with van der Waals surface area (Å²) in [4.78, 5) is 19.7. The summed E-state index contributed by atoms with van der Waals surface area (Å²) in [5, 5.41) is 9.40. The van der Waals surface area contributed by atoms with Crippen LogP contribution >= 0.6 is 0 Å². The molecule has 1 N–H and O–H groups in total. The number of hydrogen-bond donors (Lipinski definition) is 1. The average molecular weight is 264 g/mol. The highest BCUT2D eigenvalue weighted by molar-refractivity contribution is 5.88. The van der Waals surface area contributed by atoms with Crippen molar-refractivity contribution in [1.29, 1.82) is 5.26 Å². The number of para-hydroxylation sites is 2. The molecule has 20 heavy (non-hydrogen) atoms. The van der Waals surface area contributed by atoms with E-state index >= 15 is 0 Å². The Morgan fingerprint density at radius 3 is 2.85 bits per heavy atom. The summed E-state index contributed by atoms with van der Waals surface area (Å²) < 4.78 is 1.54. The van der Waals surface area contributed by atoms with Crippen LogP contribution in [0.1, 0.15) is 16.7 Å². The number of aliphatic imine (C=N–C) groups is 1. The fraction of sp³-hybridized carbons (Fsp3) is 0.133. The van der Waals surface area contributed by atoms with Gasteiger partial charge < -0.3 is 4.98 Å². The van der Waals surface area contributed by atoms with Gasteiger partial charge in [0.1, 0.15) is 11.7 Å². The van der Waals surface area contributed by atoms with Crippen molar-refractivity contribution in [1.82, 2.24) is 9.38 Å². The molecule has 0 bridgehead atoms. The van der Waals surface area contributed by atoms with Gasteiger partial charge in [-0.2, -0.15) is 5.26 Å². The average Bonchev–Trinajstić information content (AvgIpc) is 2.83. The molecule has 0 spiro atoms. The lowest BCUT2D eigenvalue weighted by molar-refractivity contribution is 1.12. The van der Waals surface area contributed by atoms with Crippen LogP contribution in [-0.2, 0) is 0 Å². The fourth-order valence-electron chi connectivity index (χ4n) is 2.47. The van der Waals surface area contributed by atoms with Crippen molar-refractivity contribution in [2.45, 2.75) is 6.92 Å². The second-order valence-corrected chi connectivity index (χ2v) is 4.54. The number of nitrogens with one attached hydrogen (secondary N) is 1. The van der Waals surface area contributed by atoms with Crippen LogP contribution in [0.2, 0.25) is 0 Å². The zero-order valence-electron chi connectivity index (χ0n) is 11.1. The first-order chi connectivity index (χ1) is 9.69. The Hall–Kier alpha value is -2.87. The van der Waals surface area contributed by atoms with E-state index in [9.17, 15) is 10.1 Å². The van der Waals surface area contributed by atoms with E-state index in [1.54, 1.807) is 14.0 Å². The smallest absolute Gasteiger partial charge is 0.265 e. The van der Waals surface area contributed by atoms with E-state index in [-0.39, 0.29) is 5.56 Å². The van der Waals surface area contributed by atoms with Crippen LogP contribution in [0.3, 0.4) is 0 Å². The van der Waals surface area contributed by atoms with E-state index in [0.29, 0.717) is 22.3 Å². The number of hydrogen-bond acceptors (Lipinski definition) is 3. The molecule has 0 fully saturated rings. The Labute approximate surface area is 114 Å². The van der Waals surface area contributed by atoms with E-state index in [1.165, 1.54) is 10.6 Å². The number of imidazole rings is 1. The van der Waals surface area contributed by atoms with Gasteiger partial charge >= 0.3 is 0 Å². The van der Waals surface area contributed by atoms with Crippen LogP contribution in [0, 0.1) is 18.3 Å². The summed E-state index contributed by atoms with van der Waals surface area (Å²) in [5.74, 6) is 0. The number of aromatic nitrogens is 2. The van der Waals surface area contributed by atoms with Crippen LogP contribution in [0.4, 0.5) is 0 Å². The van der Waals surface area contributed by atoms with Crippen LogP contribution in [0.5, 0.6) is 0 Å². The van der Waals surface area contributed by atoms with Gasteiger partial charge in [0, 0.05) is 13.3 Å². The van der Waals surface area contributed by atoms with Crippen molar-refractivity contribution in [3.05, 3.63) is 51.3 Å². The summed E-state index contributed by atoms with van der Waals surface area (Å²) in [6, 6.07) is 9.65. The van der Waals surface area contributed by atoms with Gasteiger partial charge in [0.2, 0.25) is 0 Å². The zero-order chi connectivity index (χ0) is 14.3. The van der Waals surface area contributed by atoms with E-state index in [2.05, 4.69) is 16.0 Å². The van der Waals surface area contributed by atoms with Crippen LogP contribution in [0.25, 0.3) is 16.7 Å². The monoisotopic (exact) mass is 264 g/mol. The first-order valence-corrected chi connectivity index (χ1v) is 6.17. The lowest BCUT2D eigenvalue weighted by Gasteiger charge is -2.04. The summed E-state index contributed by atoms with van der Waals surface area (Å²) >= 11 is 0. The van der Waals surface area contributed by atoms with Crippen LogP contribution in [-0.4, -0.2) is 22.6 Å². The molecular formula is C15H12N4O. The van der Waals surface area contributed by atoms with Gasteiger partial charge in [-0.3, -0.25) is 14.2 Å². The Kier molecular flexibility index (Phi) is 2.65. The molecule has 5 heteroatoms. The zero-order valence-corrected chi connectivity index (χ0v) is 11.1. The van der Waals surface area contributed by atoms with Gasteiger partial charge in [-0.1, -0.05) is 12.1 Å². The number of nitriles is 1. The Bertz CT molecular complexity index is 954. The molecule has 2 aromatic heterocycles. The topological polar surface area (TPSA) is 73.4 Å². The minimum absolute atomic E-state index is 0.167. The molecule has 0 atom stereocenters. The maximum atomic E-state index is 12.6. The summed E-state index contributed by atoms with van der Waals surface area (Å²) in [6.45, 7) is 1.77. The van der Waals surface area contributed by atoms with E-state index in [4.69, 9.17) is 0 Å². The van der Waals surface area contributed by atoms with Crippen LogP contribution < -0.4 is 5.56 Å². The third-order valence-electron chi connectivity index (χ3n) is 3.44. The van der Waals surface area contributed by atoms with Gasteiger partial charge in [0.15, 0.2) is 0 Å². The molecule has 0 aliphatic carbocycles. The molecular weight excluding hydrogens is 252 g/mol. The van der Waals surface area contributed by atoms with Gasteiger partial charge in [-0.25, -0.2) is 0 Å². The third-order valence-corrected chi connectivity index (χ3v) is 3.44. The Balaban J connectivity index is 2.67. The summed E-state index contributed by atoms with van der Waals surface area (Å²) in [7, 11) is 1.61. The fourth-order valence-corrected chi connectivity index (χ4v) is 2.47. The molecule has 98 valence electrons. The molecule has 1 aromatic carbocycles. The van der Waals surface area contributed by atoms with Gasteiger partial charge in [-0.15, -0.1) is 0 Å². The highest BCUT2D eigenvalue weighted by atomic mass is 16.1. The first kappa shape index (κ1) is 12.2. The number of fused-ring (bicyclic) bond motifs is 3. The van der Waals surface area contributed by atoms with Crippen molar-refractivity contribution >= 4 is 22.9 Å². The molecule has 0 radical (unpaired) electrons. The second kappa shape index (κ2) is 4.35. The molecule has 3 aromatic rings. The standard InChI is InChI=1S/C15H12N4O/c1-9-10(7-16)14-18-12-5-3-4-6-13(12)19(14)15(20)11(9)8-17-2/h3-6,8,18H,1-2H3. The largest absolute Gasteiger partial charge is 0.338 e. The SMILES string of the molecule is CN=Cc1c(C)c(C#N)c2[nH]c3ccccc3n2c1=O. The molecule has 2 heterocycles. The van der Waals surface area contributed by atoms with Crippen molar-refractivity contribution in [3.8, 4) is 6.07 Å². The van der Waals surface area contributed by atoms with Crippen molar-refractivity contribution in [3.63, 3.8) is 0 Å². The molecule has 0 saturated heterocycles. The molecule has 5 nitrogen and oxygen atoms in total. The van der Waals surface area contributed by atoms with Crippen molar-refractivity contribution < 1.29 is 0 Å². The maximum Gasteiger partial charge on any atom is 0.265 e. The van der Waals surface area contributed by atoms with Crippen molar-refractivity contribution in [2.75, 3.05) is 7.05 Å². The van der Waals surface area contributed by atoms with E-state index in [0.717, 1.165) is 11.0 Å². The number of H-pyrrole nitrogens is 1. The predicted molar refractivity (Wildman–Crippen MR) is 78.5 cm³/mol. The number of aromatic amines is 1. The number of pyridine rings is 1. The van der Waals surface area contributed by atoms with E-state index < -0.39 is 0 Å². The number of rotatable bonds is 1. The second-order valence-electron chi connectivity index (χ2n) is 4.54. The highest BCUT2D eigenvalue weighted by Crippen LogP contribution is 2.20. The predicted octanol–water partition coefficient (Wildman–Crippen LogP) is 2.01. The highest BCUT2D eigenvalue weighted by Gasteiger charge is 2.16. The van der Waals surface area contributed by atoms with Gasteiger partial charge in [-0.05, 0) is 24.6 Å². The third kappa shape index (κ3) is 1.48. The number of benzene rings is 1. The maximum absolute atomic E-state index is 12.6. The Morgan fingerprint density at radius 2 is 2.15 bits per heavy atom. The lowest BCUT2D eigenvalue weighted by Crippen LogP contribution is -2.20. The Morgan fingerprint density at radius 1 is 1.40 bits per heavy atom. The van der Waals surface area contributed by atoms with Crippen LogP contribution in [0.15, 0.2) is 34.1 Å². The minimum Gasteiger partial charge on any atom is -0.338 e. The summed E-state index contributed by atoms with van der Waals surface area (Å²) in [6.07, 6.45) is 1.51. The molecule has 3 rings (SSSR count). The summed E-state index contributed by atoms with van der Waals surface area (Å²) in [5.41, 5.74) is 3.52. The molecule has 0 saturated carbocycles. The quantitative estimate of drug-likeness (QED) is 0.683. The van der Waals surface area contributed by atoms with Gasteiger partial charge in [0.05, 0.1) is 22.2 Å². The molecule has 0 amide bonds. The minimum atomic E-state index is -0.167.